The second-order valence-electron chi connectivity index (χ2n) is 4.18. The zero-order valence-corrected chi connectivity index (χ0v) is 10.3. The van der Waals surface area contributed by atoms with Crippen LogP contribution in [0.3, 0.4) is 0 Å². The Bertz CT molecular complexity index is 563. The van der Waals surface area contributed by atoms with Crippen molar-refractivity contribution < 1.29 is 8.78 Å². The molecule has 1 aromatic carbocycles. The van der Waals surface area contributed by atoms with Crippen molar-refractivity contribution in [3.63, 3.8) is 0 Å². The minimum Gasteiger partial charge on any atom is -0.319 e. The van der Waals surface area contributed by atoms with Gasteiger partial charge in [0.25, 0.3) is 0 Å². The fourth-order valence-corrected chi connectivity index (χ4v) is 1.95. The lowest BCUT2D eigenvalue weighted by Crippen LogP contribution is -2.17. The molecule has 1 unspecified atom stereocenters. The molecule has 0 saturated carbocycles. The molecule has 0 spiro atoms. The molecule has 0 bridgehead atoms. The molecule has 0 aliphatic carbocycles. The Labute approximate surface area is 104 Å². The van der Waals surface area contributed by atoms with Crippen LogP contribution in [0.5, 0.6) is 0 Å². The third-order valence-electron chi connectivity index (χ3n) is 2.85. The summed E-state index contributed by atoms with van der Waals surface area (Å²) < 4.78 is 27.8. The molecule has 0 saturated heterocycles. The van der Waals surface area contributed by atoms with Gasteiger partial charge in [-0.2, -0.15) is 5.10 Å². The summed E-state index contributed by atoms with van der Waals surface area (Å²) >= 11 is 0. The van der Waals surface area contributed by atoms with Gasteiger partial charge in [0, 0.05) is 6.54 Å². The van der Waals surface area contributed by atoms with Gasteiger partial charge >= 0.3 is 0 Å². The van der Waals surface area contributed by atoms with Gasteiger partial charge in [-0.15, -0.1) is 0 Å². The molecule has 0 aliphatic heterocycles. The first kappa shape index (κ1) is 12.7. The van der Waals surface area contributed by atoms with Gasteiger partial charge < -0.3 is 5.73 Å². The quantitative estimate of drug-likeness (QED) is 0.911. The molecule has 5 heteroatoms. The van der Waals surface area contributed by atoms with Crippen molar-refractivity contribution >= 4 is 0 Å². The highest BCUT2D eigenvalue weighted by molar-refractivity contribution is 5.29. The number of nitrogens with zero attached hydrogens (tertiary/aromatic N) is 2. The van der Waals surface area contributed by atoms with Gasteiger partial charge in [-0.25, -0.2) is 8.78 Å². The van der Waals surface area contributed by atoms with Gasteiger partial charge in [-0.3, -0.25) is 4.68 Å². The van der Waals surface area contributed by atoms with Crippen LogP contribution in [0.1, 0.15) is 29.9 Å². The van der Waals surface area contributed by atoms with Gasteiger partial charge in [0.2, 0.25) is 0 Å². The van der Waals surface area contributed by atoms with E-state index in [9.17, 15) is 8.78 Å². The van der Waals surface area contributed by atoms with Crippen LogP contribution in [0, 0.1) is 18.6 Å². The monoisotopic (exact) mass is 251 g/mol. The third kappa shape index (κ3) is 2.26. The lowest BCUT2D eigenvalue weighted by Gasteiger charge is -2.13. The maximum Gasteiger partial charge on any atom is 0.159 e. The van der Waals surface area contributed by atoms with E-state index in [1.54, 1.807) is 4.68 Å². The SMILES string of the molecule is CCn1nc(C)cc1C(N)c1ccc(F)c(F)c1. The van der Waals surface area contributed by atoms with Crippen LogP contribution in [-0.4, -0.2) is 9.78 Å². The highest BCUT2D eigenvalue weighted by Gasteiger charge is 2.16. The average molecular weight is 251 g/mol. The largest absolute Gasteiger partial charge is 0.319 e. The van der Waals surface area contributed by atoms with Crippen molar-refractivity contribution in [1.29, 1.82) is 0 Å². The van der Waals surface area contributed by atoms with Crippen LogP contribution in [0.15, 0.2) is 24.3 Å². The standard InChI is InChI=1S/C13H15F2N3/c1-3-18-12(6-8(2)17-18)13(16)9-4-5-10(14)11(15)7-9/h4-7,13H,3,16H2,1-2H3. The van der Waals surface area contributed by atoms with Crippen molar-refractivity contribution in [2.75, 3.05) is 0 Å². The van der Waals surface area contributed by atoms with E-state index in [1.807, 2.05) is 19.9 Å². The first-order chi connectivity index (χ1) is 8.52. The predicted octanol–water partition coefficient (Wildman–Crippen LogP) is 2.54. The first-order valence-corrected chi connectivity index (χ1v) is 5.77. The maximum absolute atomic E-state index is 13.2. The van der Waals surface area contributed by atoms with Crippen molar-refractivity contribution in [2.45, 2.75) is 26.4 Å². The molecule has 0 fully saturated rings. The molecule has 0 amide bonds. The van der Waals surface area contributed by atoms with Gasteiger partial charge in [-0.1, -0.05) is 6.07 Å². The van der Waals surface area contributed by atoms with Gasteiger partial charge in [0.15, 0.2) is 11.6 Å². The summed E-state index contributed by atoms with van der Waals surface area (Å²) in [5.74, 6) is -1.76. The van der Waals surface area contributed by atoms with Crippen molar-refractivity contribution in [3.05, 3.63) is 52.9 Å². The summed E-state index contributed by atoms with van der Waals surface area (Å²) in [6.45, 7) is 4.50. The molecular formula is C13H15F2N3. The number of aromatic nitrogens is 2. The number of rotatable bonds is 3. The van der Waals surface area contributed by atoms with E-state index in [1.165, 1.54) is 6.07 Å². The predicted molar refractivity (Wildman–Crippen MR) is 65.0 cm³/mol. The molecule has 0 radical (unpaired) electrons. The number of nitrogens with two attached hydrogens (primary N) is 1. The average Bonchev–Trinajstić information content (AvgIpc) is 2.73. The van der Waals surface area contributed by atoms with Crippen molar-refractivity contribution in [3.8, 4) is 0 Å². The third-order valence-corrected chi connectivity index (χ3v) is 2.85. The molecular weight excluding hydrogens is 236 g/mol. The minimum absolute atomic E-state index is 0.513. The Morgan fingerprint density at radius 2 is 2.00 bits per heavy atom. The smallest absolute Gasteiger partial charge is 0.159 e. The van der Waals surface area contributed by atoms with Gasteiger partial charge in [-0.05, 0) is 37.6 Å². The zero-order valence-electron chi connectivity index (χ0n) is 10.3. The molecule has 96 valence electrons. The molecule has 2 aromatic rings. The van der Waals surface area contributed by atoms with Crippen LogP contribution < -0.4 is 5.73 Å². The van der Waals surface area contributed by atoms with Gasteiger partial charge in [0.05, 0.1) is 17.4 Å². The van der Waals surface area contributed by atoms with Gasteiger partial charge in [0.1, 0.15) is 0 Å². The van der Waals surface area contributed by atoms with Crippen LogP contribution in [0.25, 0.3) is 0 Å². The molecule has 1 atom stereocenters. The summed E-state index contributed by atoms with van der Waals surface area (Å²) in [5.41, 5.74) is 8.25. The summed E-state index contributed by atoms with van der Waals surface area (Å²) in [6, 6.07) is 5.05. The first-order valence-electron chi connectivity index (χ1n) is 5.77. The highest BCUT2D eigenvalue weighted by Crippen LogP contribution is 2.22. The number of hydrogen-bond acceptors (Lipinski definition) is 2. The van der Waals surface area contributed by atoms with E-state index in [-0.39, 0.29) is 0 Å². The lowest BCUT2D eigenvalue weighted by molar-refractivity contribution is 0.505. The zero-order chi connectivity index (χ0) is 13.3. The van der Waals surface area contributed by atoms with Crippen LogP contribution in [0.4, 0.5) is 8.78 Å². The minimum atomic E-state index is -0.887. The summed E-state index contributed by atoms with van der Waals surface area (Å²) in [4.78, 5) is 0. The fourth-order valence-electron chi connectivity index (χ4n) is 1.95. The molecule has 2 rings (SSSR count). The lowest BCUT2D eigenvalue weighted by atomic mass is 10.0. The Balaban J connectivity index is 2.40. The molecule has 1 heterocycles. The van der Waals surface area contributed by atoms with E-state index in [2.05, 4.69) is 5.10 Å². The number of aryl methyl sites for hydroxylation is 2. The molecule has 1 aromatic heterocycles. The highest BCUT2D eigenvalue weighted by atomic mass is 19.2. The Morgan fingerprint density at radius 1 is 1.28 bits per heavy atom. The number of halogens is 2. The number of benzene rings is 1. The second-order valence-corrected chi connectivity index (χ2v) is 4.18. The molecule has 0 aliphatic rings. The van der Waals surface area contributed by atoms with Crippen molar-refractivity contribution in [1.82, 2.24) is 9.78 Å². The second kappa shape index (κ2) is 4.86. The van der Waals surface area contributed by atoms with E-state index in [0.717, 1.165) is 23.5 Å². The Morgan fingerprint density at radius 3 is 2.61 bits per heavy atom. The molecule has 2 N–H and O–H groups in total. The summed E-state index contributed by atoms with van der Waals surface area (Å²) in [6.07, 6.45) is 0. The number of hydrogen-bond donors (Lipinski definition) is 1. The van der Waals surface area contributed by atoms with E-state index in [0.29, 0.717) is 12.1 Å². The van der Waals surface area contributed by atoms with Crippen LogP contribution >= 0.6 is 0 Å². The molecule has 18 heavy (non-hydrogen) atoms. The Kier molecular flexibility index (Phi) is 3.43. The molecule has 3 nitrogen and oxygen atoms in total. The van der Waals surface area contributed by atoms with E-state index < -0.39 is 17.7 Å². The van der Waals surface area contributed by atoms with Crippen molar-refractivity contribution in [2.24, 2.45) is 5.73 Å². The fraction of sp³-hybridized carbons (Fsp3) is 0.308. The maximum atomic E-state index is 13.2. The normalized spacial score (nSPS) is 12.7. The summed E-state index contributed by atoms with van der Waals surface area (Å²) in [7, 11) is 0. The van der Waals surface area contributed by atoms with E-state index >= 15 is 0 Å². The van der Waals surface area contributed by atoms with Crippen LogP contribution in [-0.2, 0) is 6.54 Å². The van der Waals surface area contributed by atoms with E-state index in [4.69, 9.17) is 5.73 Å². The topological polar surface area (TPSA) is 43.8 Å². The van der Waals surface area contributed by atoms with Crippen LogP contribution in [0.2, 0.25) is 0 Å². The summed E-state index contributed by atoms with van der Waals surface area (Å²) in [5, 5.41) is 4.28. The Hall–Kier alpha value is -1.75.